The van der Waals surface area contributed by atoms with E-state index in [1.807, 2.05) is 36.7 Å². The minimum atomic E-state index is -4.09. The van der Waals surface area contributed by atoms with Gasteiger partial charge >= 0.3 is 10.3 Å². The number of ketones is 1. The zero-order valence-electron chi connectivity index (χ0n) is 19.9. The Bertz CT molecular complexity index is 1430. The molecule has 5 rings (SSSR count). The number of aliphatic hydroxyl groups is 1. The third-order valence-corrected chi connectivity index (χ3v) is 8.47. The lowest BCUT2D eigenvalue weighted by Crippen LogP contribution is -2.24. The Balaban J connectivity index is 1.32. The molecule has 37 heavy (non-hydrogen) atoms. The molecule has 0 amide bonds. The summed E-state index contributed by atoms with van der Waals surface area (Å²) in [6.07, 6.45) is 2.81. The van der Waals surface area contributed by atoms with Gasteiger partial charge in [0.25, 0.3) is 0 Å². The van der Waals surface area contributed by atoms with Crippen molar-refractivity contribution in [1.29, 1.82) is 0 Å². The first kappa shape index (κ1) is 26.2. The molecule has 3 heterocycles. The molecule has 4 atom stereocenters. The molecular weight excluding hydrogens is 538 g/mol. The fourth-order valence-electron chi connectivity index (χ4n) is 5.13. The van der Waals surface area contributed by atoms with Gasteiger partial charge in [0, 0.05) is 29.7 Å². The van der Waals surface area contributed by atoms with Crippen LogP contribution in [0.15, 0.2) is 42.2 Å². The maximum atomic E-state index is 13.5. The average Bonchev–Trinajstić information content (AvgIpc) is 3.53. The number of aliphatic hydroxyl groups excluding tert-OH is 1. The van der Waals surface area contributed by atoms with Crippen molar-refractivity contribution in [3.8, 4) is 0 Å². The Hall–Kier alpha value is -2.45. The average molecular weight is 564 g/mol. The van der Waals surface area contributed by atoms with Crippen LogP contribution in [0.25, 0.3) is 0 Å². The van der Waals surface area contributed by atoms with Crippen LogP contribution in [0.2, 0.25) is 5.02 Å². The van der Waals surface area contributed by atoms with E-state index in [9.17, 15) is 18.3 Å². The Labute approximate surface area is 223 Å². The van der Waals surface area contributed by atoms with Crippen LogP contribution in [0.3, 0.4) is 0 Å². The molecule has 1 aliphatic heterocycles. The van der Waals surface area contributed by atoms with E-state index in [0.717, 1.165) is 17.7 Å². The zero-order chi connectivity index (χ0) is 26.3. The lowest BCUT2D eigenvalue weighted by molar-refractivity contribution is 0.101. The molecule has 0 saturated heterocycles. The van der Waals surface area contributed by atoms with Crippen molar-refractivity contribution in [2.24, 2.45) is 11.1 Å². The summed E-state index contributed by atoms with van der Waals surface area (Å²) >= 11 is 7.62. The Morgan fingerprint density at radius 2 is 2.16 bits per heavy atom. The molecular formula is C24H26ClN5O5S2. The first-order chi connectivity index (χ1) is 17.6. The number of nitrogens with two attached hydrogens (primary N) is 1. The van der Waals surface area contributed by atoms with Crippen LogP contribution >= 0.6 is 22.9 Å². The number of fused-ring (bicyclic) bond motifs is 1. The highest BCUT2D eigenvalue weighted by Gasteiger charge is 2.35. The first-order valence-corrected chi connectivity index (χ1v) is 14.4. The van der Waals surface area contributed by atoms with Crippen LogP contribution in [0.1, 0.15) is 50.8 Å². The molecule has 13 heteroatoms. The summed E-state index contributed by atoms with van der Waals surface area (Å²) in [5.41, 5.74) is 3.68. The highest BCUT2D eigenvalue weighted by Crippen LogP contribution is 2.40. The van der Waals surface area contributed by atoms with E-state index in [1.54, 1.807) is 0 Å². The van der Waals surface area contributed by atoms with Crippen LogP contribution in [0.5, 0.6) is 0 Å². The molecule has 0 radical (unpaired) electrons. The SMILES string of the molecule is CN1Cc2ccc(Cl)cc2[C@H]1c1csc(C(=O)c2cncnc2N[C@@H]2C[C@H](COS(N)(=O)=O)[C@@H](O)C2)c1. The summed E-state index contributed by atoms with van der Waals surface area (Å²) in [6, 6.07) is 7.58. The molecule has 2 aromatic heterocycles. The molecule has 3 aromatic rings. The molecule has 1 fully saturated rings. The van der Waals surface area contributed by atoms with Crippen LogP contribution in [0.4, 0.5) is 5.82 Å². The molecule has 0 bridgehead atoms. The van der Waals surface area contributed by atoms with Crippen molar-refractivity contribution in [2.45, 2.75) is 37.6 Å². The third-order valence-electron chi connectivity index (χ3n) is 6.82. The van der Waals surface area contributed by atoms with Gasteiger partial charge in [0.15, 0.2) is 0 Å². The van der Waals surface area contributed by atoms with Crippen LogP contribution in [-0.4, -0.2) is 60.0 Å². The molecule has 0 unspecified atom stereocenters. The van der Waals surface area contributed by atoms with Gasteiger partial charge in [-0.05, 0) is 60.2 Å². The fraction of sp³-hybridized carbons (Fsp3) is 0.375. The molecule has 1 aliphatic carbocycles. The summed E-state index contributed by atoms with van der Waals surface area (Å²) in [5, 5.41) is 21.1. The number of aromatic nitrogens is 2. The molecule has 10 nitrogen and oxygen atoms in total. The van der Waals surface area contributed by atoms with Gasteiger partial charge in [0.05, 0.1) is 29.2 Å². The predicted octanol–water partition coefficient (Wildman–Crippen LogP) is 2.73. The number of carbonyl (C=O) groups excluding carboxylic acids is 1. The van der Waals surface area contributed by atoms with Gasteiger partial charge < -0.3 is 10.4 Å². The summed E-state index contributed by atoms with van der Waals surface area (Å²) in [5.74, 6) is -0.273. The van der Waals surface area contributed by atoms with Crippen molar-refractivity contribution in [3.05, 3.63) is 74.3 Å². The number of nitrogens with one attached hydrogen (secondary N) is 1. The molecule has 2 aliphatic rings. The Morgan fingerprint density at radius 1 is 1.35 bits per heavy atom. The number of carbonyl (C=O) groups is 1. The monoisotopic (exact) mass is 563 g/mol. The van der Waals surface area contributed by atoms with Gasteiger partial charge in [-0.2, -0.15) is 8.42 Å². The maximum Gasteiger partial charge on any atom is 0.333 e. The highest BCUT2D eigenvalue weighted by molar-refractivity contribution is 7.84. The molecule has 1 aromatic carbocycles. The third kappa shape index (κ3) is 5.70. The normalized spacial score (nSPS) is 23.8. The highest BCUT2D eigenvalue weighted by atomic mass is 35.5. The van der Waals surface area contributed by atoms with Gasteiger partial charge in [-0.15, -0.1) is 11.3 Å². The number of hydrogen-bond acceptors (Lipinski definition) is 10. The van der Waals surface area contributed by atoms with Crippen LogP contribution < -0.4 is 10.5 Å². The number of halogens is 1. The van der Waals surface area contributed by atoms with E-state index in [-0.39, 0.29) is 24.5 Å². The molecule has 196 valence electrons. The number of thiophene rings is 1. The number of hydrogen-bond donors (Lipinski definition) is 3. The quantitative estimate of drug-likeness (QED) is 0.352. The van der Waals surface area contributed by atoms with E-state index in [2.05, 4.69) is 24.4 Å². The standard InChI is InChI=1S/C24H26ClN5O5S2/c1-30-9-13-2-3-16(25)6-18(13)22(30)15-5-21(36-11-15)23(32)19-8-27-12-28-24(19)29-17-4-14(20(31)7-17)10-35-37(26,33)34/h2-3,5-6,8,11-12,14,17,20,22,31H,4,7,9-10H2,1H3,(H2,26,33,34)(H,27,28,29)/t14-,17-,20+,22-/m1/s1. The van der Waals surface area contributed by atoms with Gasteiger partial charge in [-0.3, -0.25) is 13.9 Å². The minimum absolute atomic E-state index is 0.00702. The summed E-state index contributed by atoms with van der Waals surface area (Å²) in [6.45, 7) is 0.586. The van der Waals surface area contributed by atoms with E-state index in [0.29, 0.717) is 34.1 Å². The number of benzene rings is 1. The van der Waals surface area contributed by atoms with Gasteiger partial charge in [0.1, 0.15) is 12.1 Å². The minimum Gasteiger partial charge on any atom is -0.393 e. The zero-order valence-corrected chi connectivity index (χ0v) is 22.3. The molecule has 0 spiro atoms. The lowest BCUT2D eigenvalue weighted by atomic mass is 9.99. The largest absolute Gasteiger partial charge is 0.393 e. The van der Waals surface area contributed by atoms with Crippen molar-refractivity contribution in [2.75, 3.05) is 19.0 Å². The summed E-state index contributed by atoms with van der Waals surface area (Å²) < 4.78 is 26.9. The van der Waals surface area contributed by atoms with Crippen molar-refractivity contribution in [1.82, 2.24) is 14.9 Å². The second-order valence-electron chi connectivity index (χ2n) is 9.44. The Kier molecular flexibility index (Phi) is 7.33. The second kappa shape index (κ2) is 10.4. The van der Waals surface area contributed by atoms with Crippen molar-refractivity contribution < 1.29 is 22.5 Å². The van der Waals surface area contributed by atoms with Gasteiger partial charge in [0.2, 0.25) is 5.78 Å². The van der Waals surface area contributed by atoms with Gasteiger partial charge in [-0.1, -0.05) is 17.7 Å². The topological polar surface area (TPSA) is 148 Å². The van der Waals surface area contributed by atoms with Crippen molar-refractivity contribution >= 4 is 44.8 Å². The maximum absolute atomic E-state index is 13.5. The van der Waals surface area contributed by atoms with Crippen molar-refractivity contribution in [3.63, 3.8) is 0 Å². The Morgan fingerprint density at radius 3 is 2.95 bits per heavy atom. The van der Waals surface area contributed by atoms with E-state index in [4.69, 9.17) is 16.7 Å². The van der Waals surface area contributed by atoms with E-state index < -0.39 is 22.3 Å². The van der Waals surface area contributed by atoms with Crippen LogP contribution in [-0.2, 0) is 21.0 Å². The number of rotatable bonds is 8. The number of nitrogens with zero attached hydrogens (tertiary/aromatic N) is 3. The first-order valence-electron chi connectivity index (χ1n) is 11.6. The fourth-order valence-corrected chi connectivity index (χ4v) is 6.55. The molecule has 4 N–H and O–H groups in total. The van der Waals surface area contributed by atoms with E-state index in [1.165, 1.54) is 29.4 Å². The lowest BCUT2D eigenvalue weighted by Gasteiger charge is -2.19. The van der Waals surface area contributed by atoms with E-state index >= 15 is 0 Å². The number of anilines is 1. The molecule has 1 saturated carbocycles. The summed E-state index contributed by atoms with van der Waals surface area (Å²) in [4.78, 5) is 24.6. The second-order valence-corrected chi connectivity index (χ2v) is 12.0. The predicted molar refractivity (Wildman–Crippen MR) is 140 cm³/mol. The smallest absolute Gasteiger partial charge is 0.333 e. The van der Waals surface area contributed by atoms with Crippen LogP contribution in [0, 0.1) is 5.92 Å². The summed E-state index contributed by atoms with van der Waals surface area (Å²) in [7, 11) is -2.05. The van der Waals surface area contributed by atoms with Gasteiger partial charge in [-0.25, -0.2) is 15.1 Å².